The van der Waals surface area contributed by atoms with Gasteiger partial charge in [-0.1, -0.05) is 30.3 Å². The number of aliphatic hydroxyl groups excluding tert-OH is 1. The second kappa shape index (κ2) is 8.17. The summed E-state index contributed by atoms with van der Waals surface area (Å²) in [6, 6.07) is 16.3. The molecule has 0 bridgehead atoms. The average molecular weight is 396 g/mol. The molecule has 0 spiro atoms. The highest BCUT2D eigenvalue weighted by Gasteiger charge is 2.28. The maximum Gasteiger partial charge on any atom is 0.410 e. The van der Waals surface area contributed by atoms with E-state index in [1.165, 1.54) is 4.90 Å². The van der Waals surface area contributed by atoms with Crippen LogP contribution in [0.15, 0.2) is 60.8 Å². The summed E-state index contributed by atoms with van der Waals surface area (Å²) in [5, 5.41) is 21.8. The van der Waals surface area contributed by atoms with Gasteiger partial charge in [-0.2, -0.15) is 0 Å². The smallest absolute Gasteiger partial charge is 0.410 e. The second-order valence-corrected chi connectivity index (χ2v) is 8.25. The fourth-order valence-electron chi connectivity index (χ4n) is 3.41. The SMILES string of the molecule is CN(C[C@@H](O)[C@H](c1ccccc1)n1ccc2cc(O)ccc21)C(=O)OC(C)(C)C. The number of rotatable bonds is 5. The third-order valence-corrected chi connectivity index (χ3v) is 4.68. The molecule has 1 heterocycles. The fraction of sp³-hybridized carbons (Fsp3) is 0.348. The van der Waals surface area contributed by atoms with Crippen molar-refractivity contribution in [2.75, 3.05) is 13.6 Å². The molecule has 0 saturated carbocycles. The number of aliphatic hydroxyl groups is 1. The normalized spacial score (nSPS) is 13.8. The first-order valence-electron chi connectivity index (χ1n) is 9.62. The minimum Gasteiger partial charge on any atom is -0.508 e. The second-order valence-electron chi connectivity index (χ2n) is 8.25. The number of benzene rings is 2. The Balaban J connectivity index is 1.93. The molecule has 0 aliphatic rings. The van der Waals surface area contributed by atoms with E-state index in [-0.39, 0.29) is 12.3 Å². The first kappa shape index (κ1) is 20.7. The lowest BCUT2D eigenvalue weighted by Crippen LogP contribution is -2.41. The minimum absolute atomic E-state index is 0.103. The van der Waals surface area contributed by atoms with Crippen LogP contribution >= 0.6 is 0 Å². The molecule has 2 atom stereocenters. The van der Waals surface area contributed by atoms with Crippen molar-refractivity contribution >= 4 is 17.0 Å². The predicted octanol–water partition coefficient (Wildman–Crippen LogP) is 4.16. The third-order valence-electron chi connectivity index (χ3n) is 4.68. The van der Waals surface area contributed by atoms with Crippen LogP contribution < -0.4 is 0 Å². The van der Waals surface area contributed by atoms with E-state index in [0.717, 1.165) is 16.5 Å². The molecule has 29 heavy (non-hydrogen) atoms. The van der Waals surface area contributed by atoms with E-state index in [0.29, 0.717) is 0 Å². The highest BCUT2D eigenvalue weighted by atomic mass is 16.6. The number of likely N-dealkylation sites (N-methyl/N-ethyl adjacent to an activating group) is 1. The highest BCUT2D eigenvalue weighted by molar-refractivity contribution is 5.82. The van der Waals surface area contributed by atoms with Crippen molar-refractivity contribution in [3.8, 4) is 5.75 Å². The summed E-state index contributed by atoms with van der Waals surface area (Å²) in [6.07, 6.45) is 0.531. The molecule has 3 rings (SSSR count). The Hall–Kier alpha value is -2.99. The molecule has 0 fully saturated rings. The number of aromatic nitrogens is 1. The zero-order valence-corrected chi connectivity index (χ0v) is 17.2. The van der Waals surface area contributed by atoms with E-state index in [1.807, 2.05) is 74.0 Å². The number of hydrogen-bond donors (Lipinski definition) is 2. The molecule has 2 N–H and O–H groups in total. The molecule has 6 nitrogen and oxygen atoms in total. The summed E-state index contributed by atoms with van der Waals surface area (Å²) in [5.41, 5.74) is 1.20. The summed E-state index contributed by atoms with van der Waals surface area (Å²) in [4.78, 5) is 13.7. The van der Waals surface area contributed by atoms with Crippen molar-refractivity contribution in [2.24, 2.45) is 0 Å². The van der Waals surface area contributed by atoms with Crippen LogP contribution in [0.3, 0.4) is 0 Å². The van der Waals surface area contributed by atoms with E-state index in [4.69, 9.17) is 4.74 Å². The standard InChI is InChI=1S/C23H28N2O4/c1-23(2,3)29-22(28)24(4)15-20(27)21(16-8-6-5-7-9-16)25-13-12-17-14-18(26)10-11-19(17)25/h5-14,20-21,26-27H,15H2,1-4H3/t20-,21+/m1/s1. The molecular formula is C23H28N2O4. The number of ether oxygens (including phenoxy) is 1. The number of hydrogen-bond acceptors (Lipinski definition) is 4. The Labute approximate surface area is 170 Å². The molecule has 1 aromatic heterocycles. The van der Waals surface area contributed by atoms with Crippen LogP contribution in [0.5, 0.6) is 5.75 Å². The Morgan fingerprint density at radius 1 is 1.14 bits per heavy atom. The summed E-state index contributed by atoms with van der Waals surface area (Å²) in [7, 11) is 1.62. The van der Waals surface area contributed by atoms with Gasteiger partial charge in [0.2, 0.25) is 0 Å². The van der Waals surface area contributed by atoms with Gasteiger partial charge in [0.1, 0.15) is 11.4 Å². The molecular weight excluding hydrogens is 368 g/mol. The summed E-state index contributed by atoms with van der Waals surface area (Å²) >= 11 is 0. The quantitative estimate of drug-likeness (QED) is 0.679. The van der Waals surface area contributed by atoms with Gasteiger partial charge in [-0.3, -0.25) is 0 Å². The van der Waals surface area contributed by atoms with Gasteiger partial charge in [0.05, 0.1) is 18.7 Å². The summed E-state index contributed by atoms with van der Waals surface area (Å²) in [5.74, 6) is 0.191. The number of phenols is 1. The minimum atomic E-state index is -0.876. The number of aromatic hydroxyl groups is 1. The summed E-state index contributed by atoms with van der Waals surface area (Å²) in [6.45, 7) is 5.53. The first-order valence-corrected chi connectivity index (χ1v) is 9.62. The van der Waals surface area contributed by atoms with Gasteiger partial charge in [-0.15, -0.1) is 0 Å². The third kappa shape index (κ3) is 4.90. The summed E-state index contributed by atoms with van der Waals surface area (Å²) < 4.78 is 7.37. The Morgan fingerprint density at radius 2 is 1.83 bits per heavy atom. The van der Waals surface area contributed by atoms with Gasteiger partial charge in [0.15, 0.2) is 0 Å². The van der Waals surface area contributed by atoms with Crippen LogP contribution in [0, 0.1) is 0 Å². The topological polar surface area (TPSA) is 74.9 Å². The molecule has 0 aliphatic heterocycles. The molecule has 0 aliphatic carbocycles. The molecule has 0 radical (unpaired) electrons. The zero-order valence-electron chi connectivity index (χ0n) is 17.2. The first-order chi connectivity index (χ1) is 13.7. The van der Waals surface area contributed by atoms with E-state index < -0.39 is 23.8 Å². The van der Waals surface area contributed by atoms with Gasteiger partial charge in [0, 0.05) is 24.1 Å². The number of phenolic OH excluding ortho intramolecular Hbond substituents is 1. The Morgan fingerprint density at radius 3 is 2.48 bits per heavy atom. The Bertz CT molecular complexity index is 975. The van der Waals surface area contributed by atoms with E-state index in [9.17, 15) is 15.0 Å². The largest absolute Gasteiger partial charge is 0.508 e. The lowest BCUT2D eigenvalue weighted by atomic mass is 10.0. The zero-order chi connectivity index (χ0) is 21.2. The van der Waals surface area contributed by atoms with Gasteiger partial charge < -0.3 is 24.4 Å². The van der Waals surface area contributed by atoms with E-state index in [2.05, 4.69) is 0 Å². The Kier molecular flexibility index (Phi) is 5.84. The van der Waals surface area contributed by atoms with Crippen molar-refractivity contribution in [3.63, 3.8) is 0 Å². The number of amides is 1. The predicted molar refractivity (Wildman–Crippen MR) is 113 cm³/mol. The van der Waals surface area contributed by atoms with Gasteiger partial charge in [-0.05, 0) is 50.6 Å². The van der Waals surface area contributed by atoms with E-state index >= 15 is 0 Å². The van der Waals surface area contributed by atoms with E-state index in [1.54, 1.807) is 19.2 Å². The van der Waals surface area contributed by atoms with Crippen LogP contribution in [0.25, 0.3) is 10.9 Å². The maximum absolute atomic E-state index is 12.3. The van der Waals surface area contributed by atoms with Crippen LogP contribution in [-0.4, -0.2) is 51.1 Å². The molecule has 3 aromatic rings. The van der Waals surface area contributed by atoms with Crippen LogP contribution in [0.1, 0.15) is 32.4 Å². The van der Waals surface area contributed by atoms with Crippen molar-refractivity contribution in [1.82, 2.24) is 9.47 Å². The average Bonchev–Trinajstić information content (AvgIpc) is 3.04. The fourth-order valence-corrected chi connectivity index (χ4v) is 3.41. The van der Waals surface area contributed by atoms with Crippen LogP contribution in [0.2, 0.25) is 0 Å². The lowest BCUT2D eigenvalue weighted by molar-refractivity contribution is 0.0168. The molecule has 1 amide bonds. The molecule has 154 valence electrons. The molecule has 0 unspecified atom stereocenters. The van der Waals surface area contributed by atoms with Crippen molar-refractivity contribution in [1.29, 1.82) is 0 Å². The van der Waals surface area contributed by atoms with Crippen molar-refractivity contribution in [3.05, 3.63) is 66.4 Å². The number of carbonyl (C=O) groups is 1. The molecule has 2 aromatic carbocycles. The van der Waals surface area contributed by atoms with Crippen molar-refractivity contribution in [2.45, 2.75) is 38.5 Å². The molecule has 6 heteroatoms. The monoisotopic (exact) mass is 396 g/mol. The van der Waals surface area contributed by atoms with Crippen LogP contribution in [0.4, 0.5) is 4.79 Å². The molecule has 0 saturated heterocycles. The van der Waals surface area contributed by atoms with Gasteiger partial charge in [-0.25, -0.2) is 4.79 Å². The number of fused-ring (bicyclic) bond motifs is 1. The van der Waals surface area contributed by atoms with Gasteiger partial charge >= 0.3 is 6.09 Å². The van der Waals surface area contributed by atoms with Crippen LogP contribution in [-0.2, 0) is 4.74 Å². The number of nitrogens with zero attached hydrogens (tertiary/aromatic N) is 2. The lowest BCUT2D eigenvalue weighted by Gasteiger charge is -2.30. The van der Waals surface area contributed by atoms with Gasteiger partial charge in [0.25, 0.3) is 0 Å². The number of carbonyl (C=O) groups excluding carboxylic acids is 1. The highest BCUT2D eigenvalue weighted by Crippen LogP contribution is 2.30. The maximum atomic E-state index is 12.3. The van der Waals surface area contributed by atoms with Crippen molar-refractivity contribution < 1.29 is 19.7 Å².